The number of nitrogens with zero attached hydrogens (tertiary/aromatic N) is 2. The lowest BCUT2D eigenvalue weighted by Crippen LogP contribution is -2.14. The molecule has 0 aromatic heterocycles. The highest BCUT2D eigenvalue weighted by molar-refractivity contribution is 8.16. The van der Waals surface area contributed by atoms with Crippen LogP contribution in [0.4, 0.5) is 0 Å². The topological polar surface area (TPSA) is 68.1 Å². The molecule has 0 atom stereocenters. The van der Waals surface area contributed by atoms with Gasteiger partial charge >= 0.3 is 10.1 Å². The van der Waals surface area contributed by atoms with Crippen LogP contribution in [0.1, 0.15) is 11.1 Å². The molecule has 1 aliphatic rings. The van der Waals surface area contributed by atoms with Gasteiger partial charge in [-0.2, -0.15) is 8.42 Å². The third-order valence-corrected chi connectivity index (χ3v) is 7.04. The van der Waals surface area contributed by atoms with Crippen molar-refractivity contribution in [3.8, 4) is 0 Å². The van der Waals surface area contributed by atoms with E-state index in [0.29, 0.717) is 16.5 Å². The smallest absolute Gasteiger partial charge is 0.264 e. The summed E-state index contributed by atoms with van der Waals surface area (Å²) in [6.07, 6.45) is 7.27. The first-order valence-corrected chi connectivity index (χ1v) is 12.6. The van der Waals surface area contributed by atoms with Gasteiger partial charge in [0.05, 0.1) is 5.70 Å². The molecule has 3 aromatic rings. The van der Waals surface area contributed by atoms with Crippen LogP contribution in [0.25, 0.3) is 10.8 Å². The fraction of sp³-hybridized carbons (Fsp3) is 0.0769. The number of aliphatic imine (C=N–C) groups is 1. The average Bonchev–Trinajstić information content (AvgIpc) is 3.28. The van der Waals surface area contributed by atoms with Gasteiger partial charge in [-0.15, -0.1) is 0 Å². The summed E-state index contributed by atoms with van der Waals surface area (Å²) < 4.78 is 30.8. The predicted octanol–water partition coefficient (Wildman–Crippen LogP) is 6.03. The Labute approximate surface area is 198 Å². The molecule has 1 heterocycles. The van der Waals surface area contributed by atoms with Crippen LogP contribution < -0.4 is 0 Å². The Morgan fingerprint density at radius 1 is 1.06 bits per heavy atom. The van der Waals surface area contributed by atoms with E-state index in [9.17, 15) is 8.42 Å². The normalized spacial score (nSPS) is 15.8. The highest BCUT2D eigenvalue weighted by Gasteiger charge is 2.23. The Hall–Kier alpha value is -3.42. The van der Waals surface area contributed by atoms with Crippen molar-refractivity contribution in [1.29, 1.82) is 0 Å². The van der Waals surface area contributed by atoms with E-state index in [0.717, 1.165) is 27.6 Å². The Morgan fingerprint density at radius 2 is 1.82 bits per heavy atom. The minimum absolute atomic E-state index is 0.0466. The summed E-state index contributed by atoms with van der Waals surface area (Å²) in [6.45, 7) is 5.55. The van der Waals surface area contributed by atoms with Crippen LogP contribution in [0, 0.1) is 6.92 Å². The maximum Gasteiger partial charge on any atom is 0.358 e. The summed E-state index contributed by atoms with van der Waals surface area (Å²) in [5.41, 5.74) is 2.93. The fourth-order valence-electron chi connectivity index (χ4n) is 3.26. The van der Waals surface area contributed by atoms with Crippen LogP contribution in [0.5, 0.6) is 0 Å². The molecular formula is C26H22N2O3S2. The molecule has 33 heavy (non-hydrogen) atoms. The van der Waals surface area contributed by atoms with Crippen molar-refractivity contribution in [2.45, 2.75) is 11.8 Å². The maximum atomic E-state index is 12.8. The molecule has 166 valence electrons. The average molecular weight is 475 g/mol. The minimum atomic E-state index is -4.08. The number of aryl methyl sites for hydroxylation is 1. The van der Waals surface area contributed by atoms with Gasteiger partial charge in [0.2, 0.25) is 0 Å². The number of oxime groups is 1. The molecule has 0 unspecified atom stereocenters. The largest absolute Gasteiger partial charge is 0.358 e. The summed E-state index contributed by atoms with van der Waals surface area (Å²) in [5, 5.41) is 6.69. The van der Waals surface area contributed by atoms with Crippen LogP contribution in [-0.2, 0) is 14.4 Å². The van der Waals surface area contributed by atoms with Crippen LogP contribution in [0.15, 0.2) is 118 Å². The second-order valence-corrected chi connectivity index (χ2v) is 9.79. The fourth-order valence-corrected chi connectivity index (χ4v) is 4.90. The van der Waals surface area contributed by atoms with Gasteiger partial charge in [0.1, 0.15) is 15.7 Å². The molecule has 0 aliphatic carbocycles. The Balaban J connectivity index is 1.79. The van der Waals surface area contributed by atoms with E-state index < -0.39 is 10.1 Å². The molecule has 4 rings (SSSR count). The molecule has 0 fully saturated rings. The Morgan fingerprint density at radius 3 is 2.61 bits per heavy atom. The van der Waals surface area contributed by atoms with Gasteiger partial charge < -0.3 is 0 Å². The van der Waals surface area contributed by atoms with Crippen molar-refractivity contribution in [3.63, 3.8) is 0 Å². The molecule has 0 N–H and O–H groups in total. The maximum absolute atomic E-state index is 12.8. The number of hydrogen-bond donors (Lipinski definition) is 0. The van der Waals surface area contributed by atoms with Gasteiger partial charge in [0.25, 0.3) is 0 Å². The zero-order valence-electron chi connectivity index (χ0n) is 18.0. The highest BCUT2D eigenvalue weighted by Crippen LogP contribution is 2.28. The summed E-state index contributed by atoms with van der Waals surface area (Å²) in [7, 11) is -4.08. The molecule has 0 radical (unpaired) electrons. The third-order valence-electron chi connectivity index (χ3n) is 4.92. The second kappa shape index (κ2) is 10.0. The SMILES string of the molecule is C=C/C=C\C=C1/CSC(C(=N/OS(=O)(=O)c2ccc(C)cc2)/c2cccc3ccccc23)=N1. The summed E-state index contributed by atoms with van der Waals surface area (Å²) in [4.78, 5) is 4.72. The molecular weight excluding hydrogens is 452 g/mol. The van der Waals surface area contributed by atoms with Crippen molar-refractivity contribution in [1.82, 2.24) is 0 Å². The number of benzene rings is 3. The number of rotatable bonds is 7. The monoisotopic (exact) mass is 474 g/mol. The highest BCUT2D eigenvalue weighted by atomic mass is 32.2. The van der Waals surface area contributed by atoms with Crippen LogP contribution in [0.2, 0.25) is 0 Å². The molecule has 1 aliphatic heterocycles. The molecule has 0 spiro atoms. The minimum Gasteiger partial charge on any atom is -0.264 e. The van der Waals surface area contributed by atoms with Gasteiger partial charge in [-0.05, 0) is 35.9 Å². The van der Waals surface area contributed by atoms with Crippen molar-refractivity contribution in [3.05, 3.63) is 114 Å². The standard InChI is InChI=1S/C26H22N2O3S2/c1-3-4-5-11-21-18-32-26(27-21)25(24-13-8-10-20-9-6-7-12-23(20)24)28-31-33(29,30)22-16-14-19(2)15-17-22/h3-17H,1,18H2,2H3/b5-4-,21-11+,28-25+. The van der Waals surface area contributed by atoms with Crippen molar-refractivity contribution in [2.75, 3.05) is 5.75 Å². The van der Waals surface area contributed by atoms with E-state index in [1.54, 1.807) is 18.2 Å². The van der Waals surface area contributed by atoms with E-state index in [4.69, 9.17) is 4.28 Å². The van der Waals surface area contributed by atoms with E-state index >= 15 is 0 Å². The molecule has 0 amide bonds. The lowest BCUT2D eigenvalue weighted by Gasteiger charge is -2.10. The lowest BCUT2D eigenvalue weighted by molar-refractivity contribution is 0.340. The van der Waals surface area contributed by atoms with Gasteiger partial charge in [-0.25, -0.2) is 4.99 Å². The van der Waals surface area contributed by atoms with Gasteiger partial charge in [0.15, 0.2) is 0 Å². The zero-order chi connectivity index (χ0) is 23.3. The molecule has 0 saturated heterocycles. The Bertz CT molecular complexity index is 1410. The van der Waals surface area contributed by atoms with Crippen molar-refractivity contribution >= 4 is 43.4 Å². The van der Waals surface area contributed by atoms with E-state index in [-0.39, 0.29) is 4.90 Å². The second-order valence-electron chi connectivity index (χ2n) is 7.29. The molecule has 0 saturated carbocycles. The predicted molar refractivity (Wildman–Crippen MR) is 137 cm³/mol. The third kappa shape index (κ3) is 5.32. The number of hydrogen-bond acceptors (Lipinski definition) is 6. The Kier molecular flexibility index (Phi) is 6.91. The lowest BCUT2D eigenvalue weighted by atomic mass is 10.0. The zero-order valence-corrected chi connectivity index (χ0v) is 19.6. The molecule has 5 nitrogen and oxygen atoms in total. The first-order valence-electron chi connectivity index (χ1n) is 10.2. The van der Waals surface area contributed by atoms with E-state index in [1.807, 2.05) is 67.6 Å². The summed E-state index contributed by atoms with van der Waals surface area (Å²) in [6, 6.07) is 20.1. The number of allylic oxidation sites excluding steroid dienone is 4. The van der Waals surface area contributed by atoms with Gasteiger partial charge in [-0.1, -0.05) is 102 Å². The first-order chi connectivity index (χ1) is 16.0. The molecule has 0 bridgehead atoms. The summed E-state index contributed by atoms with van der Waals surface area (Å²) in [5.74, 6) is 0.644. The van der Waals surface area contributed by atoms with E-state index in [2.05, 4.69) is 16.7 Å². The van der Waals surface area contributed by atoms with Gasteiger partial charge in [-0.3, -0.25) is 4.28 Å². The summed E-state index contributed by atoms with van der Waals surface area (Å²) >= 11 is 1.48. The van der Waals surface area contributed by atoms with Crippen LogP contribution >= 0.6 is 11.8 Å². The van der Waals surface area contributed by atoms with Crippen LogP contribution in [-0.4, -0.2) is 24.9 Å². The van der Waals surface area contributed by atoms with Gasteiger partial charge in [0, 0.05) is 11.3 Å². The van der Waals surface area contributed by atoms with E-state index in [1.165, 1.54) is 23.9 Å². The van der Waals surface area contributed by atoms with Crippen molar-refractivity contribution in [2.24, 2.45) is 10.1 Å². The number of fused-ring (bicyclic) bond motifs is 1. The first kappa shape index (κ1) is 22.8. The molecule has 7 heteroatoms. The quantitative estimate of drug-likeness (QED) is 0.238. The van der Waals surface area contributed by atoms with Crippen molar-refractivity contribution < 1.29 is 12.7 Å². The molecule has 3 aromatic carbocycles. The number of thioether (sulfide) groups is 1. The van der Waals surface area contributed by atoms with Crippen LogP contribution in [0.3, 0.4) is 0 Å².